The van der Waals surface area contributed by atoms with Gasteiger partial charge in [-0.2, -0.15) is 4.98 Å². The average Bonchev–Trinajstić information content (AvgIpc) is 2.55. The van der Waals surface area contributed by atoms with Gasteiger partial charge in [0.05, 0.1) is 13.7 Å². The van der Waals surface area contributed by atoms with Crippen LogP contribution in [0.15, 0.2) is 12.3 Å². The minimum Gasteiger partial charge on any atom is -0.472 e. The first kappa shape index (κ1) is 16.5. The predicted octanol–water partition coefficient (Wildman–Crippen LogP) is 2.29. The Labute approximate surface area is 131 Å². The van der Waals surface area contributed by atoms with Crippen molar-refractivity contribution < 1.29 is 14.3 Å². The van der Waals surface area contributed by atoms with Gasteiger partial charge >= 0.3 is 6.01 Å². The van der Waals surface area contributed by atoms with Crippen LogP contribution in [0.1, 0.15) is 39.5 Å². The van der Waals surface area contributed by atoms with Crippen molar-refractivity contribution in [3.05, 3.63) is 12.3 Å². The second kappa shape index (κ2) is 7.96. The molecule has 1 fully saturated rings. The number of ether oxygens (including phenoxy) is 2. The minimum absolute atomic E-state index is 0.0192. The van der Waals surface area contributed by atoms with Crippen LogP contribution in [0.3, 0.4) is 0 Å². The Morgan fingerprint density at radius 3 is 3.09 bits per heavy atom. The summed E-state index contributed by atoms with van der Waals surface area (Å²) >= 11 is 0. The molecule has 1 aliphatic rings. The van der Waals surface area contributed by atoms with Gasteiger partial charge in [0.2, 0.25) is 11.8 Å². The number of nitrogens with zero attached hydrogens (tertiary/aromatic N) is 3. The van der Waals surface area contributed by atoms with Crippen molar-refractivity contribution in [2.75, 3.05) is 20.2 Å². The lowest BCUT2D eigenvalue weighted by Crippen LogP contribution is -2.44. The van der Waals surface area contributed by atoms with Gasteiger partial charge in [-0.05, 0) is 18.8 Å². The van der Waals surface area contributed by atoms with Gasteiger partial charge in [0.15, 0.2) is 0 Å². The molecule has 1 saturated heterocycles. The highest BCUT2D eigenvalue weighted by Crippen LogP contribution is 2.19. The van der Waals surface area contributed by atoms with Gasteiger partial charge in [0.1, 0.15) is 6.10 Å². The SMILES string of the molecule is CCC(C)CC(=O)N1CCCC(Oc2ccnc(OC)n2)C1. The summed E-state index contributed by atoms with van der Waals surface area (Å²) in [6.45, 7) is 5.68. The molecule has 2 heterocycles. The zero-order valence-corrected chi connectivity index (χ0v) is 13.6. The van der Waals surface area contributed by atoms with Crippen LogP contribution >= 0.6 is 0 Å². The zero-order chi connectivity index (χ0) is 15.9. The Morgan fingerprint density at radius 2 is 2.36 bits per heavy atom. The molecule has 6 heteroatoms. The van der Waals surface area contributed by atoms with E-state index in [4.69, 9.17) is 9.47 Å². The smallest absolute Gasteiger partial charge is 0.319 e. The van der Waals surface area contributed by atoms with E-state index in [2.05, 4.69) is 23.8 Å². The van der Waals surface area contributed by atoms with Crippen LogP contribution in [-0.2, 0) is 4.79 Å². The van der Waals surface area contributed by atoms with Crippen molar-refractivity contribution in [1.29, 1.82) is 0 Å². The third-order valence-electron chi connectivity index (χ3n) is 4.03. The molecule has 0 bridgehead atoms. The van der Waals surface area contributed by atoms with E-state index < -0.39 is 0 Å². The summed E-state index contributed by atoms with van der Waals surface area (Å²) < 4.78 is 10.9. The third kappa shape index (κ3) is 4.58. The fourth-order valence-electron chi connectivity index (χ4n) is 2.49. The first-order chi connectivity index (χ1) is 10.6. The molecule has 2 unspecified atom stereocenters. The molecular formula is C16H25N3O3. The first-order valence-corrected chi connectivity index (χ1v) is 7.93. The number of carbonyl (C=O) groups excluding carboxylic acids is 1. The Balaban J connectivity index is 1.91. The van der Waals surface area contributed by atoms with E-state index in [1.54, 1.807) is 12.3 Å². The van der Waals surface area contributed by atoms with Gasteiger partial charge in [-0.1, -0.05) is 20.3 Å². The molecule has 1 aromatic rings. The summed E-state index contributed by atoms with van der Waals surface area (Å²) in [4.78, 5) is 22.3. The highest BCUT2D eigenvalue weighted by Gasteiger charge is 2.25. The van der Waals surface area contributed by atoms with Gasteiger partial charge in [0, 0.05) is 25.2 Å². The Morgan fingerprint density at radius 1 is 1.55 bits per heavy atom. The lowest BCUT2D eigenvalue weighted by molar-refractivity contribution is -0.134. The van der Waals surface area contributed by atoms with E-state index in [-0.39, 0.29) is 18.0 Å². The van der Waals surface area contributed by atoms with E-state index in [0.717, 1.165) is 25.8 Å². The molecule has 0 aromatic carbocycles. The normalized spacial score (nSPS) is 19.6. The molecule has 2 rings (SSSR count). The van der Waals surface area contributed by atoms with Gasteiger partial charge in [-0.25, -0.2) is 4.98 Å². The van der Waals surface area contributed by atoms with Gasteiger partial charge < -0.3 is 14.4 Å². The lowest BCUT2D eigenvalue weighted by Gasteiger charge is -2.33. The summed E-state index contributed by atoms with van der Waals surface area (Å²) in [7, 11) is 1.52. The maximum Gasteiger partial charge on any atom is 0.319 e. The van der Waals surface area contributed by atoms with Gasteiger partial charge in [-0.15, -0.1) is 0 Å². The predicted molar refractivity (Wildman–Crippen MR) is 82.9 cm³/mol. The molecule has 6 nitrogen and oxygen atoms in total. The number of hydrogen-bond acceptors (Lipinski definition) is 5. The molecule has 0 spiro atoms. The van der Waals surface area contributed by atoms with Crippen molar-refractivity contribution in [3.8, 4) is 11.9 Å². The molecule has 122 valence electrons. The van der Waals surface area contributed by atoms with Crippen molar-refractivity contribution in [1.82, 2.24) is 14.9 Å². The van der Waals surface area contributed by atoms with Crippen molar-refractivity contribution >= 4 is 5.91 Å². The molecule has 0 radical (unpaired) electrons. The largest absolute Gasteiger partial charge is 0.472 e. The summed E-state index contributed by atoms with van der Waals surface area (Å²) in [6, 6.07) is 2.00. The third-order valence-corrected chi connectivity index (χ3v) is 4.03. The van der Waals surface area contributed by atoms with E-state index >= 15 is 0 Å². The number of hydrogen-bond donors (Lipinski definition) is 0. The van der Waals surface area contributed by atoms with Crippen LogP contribution < -0.4 is 9.47 Å². The number of likely N-dealkylation sites (tertiary alicyclic amines) is 1. The topological polar surface area (TPSA) is 64.6 Å². The molecule has 0 saturated carbocycles. The standard InChI is InChI=1S/C16H25N3O3/c1-4-12(2)10-15(20)19-9-5-6-13(11-19)22-14-7-8-17-16(18-14)21-3/h7-8,12-13H,4-6,9-11H2,1-3H3. The molecule has 0 aliphatic carbocycles. The van der Waals surface area contributed by atoms with Crippen molar-refractivity contribution in [2.24, 2.45) is 5.92 Å². The highest BCUT2D eigenvalue weighted by molar-refractivity contribution is 5.76. The Bertz CT molecular complexity index is 495. The number of rotatable bonds is 6. The Hall–Kier alpha value is -1.85. The molecule has 2 atom stereocenters. The van der Waals surface area contributed by atoms with E-state index in [0.29, 0.717) is 24.8 Å². The lowest BCUT2D eigenvalue weighted by atomic mass is 10.0. The van der Waals surface area contributed by atoms with E-state index in [1.807, 2.05) is 4.90 Å². The van der Waals surface area contributed by atoms with Crippen LogP contribution in [0.4, 0.5) is 0 Å². The summed E-state index contributed by atoms with van der Waals surface area (Å²) in [5.41, 5.74) is 0. The van der Waals surface area contributed by atoms with Crippen LogP contribution in [0.25, 0.3) is 0 Å². The first-order valence-electron chi connectivity index (χ1n) is 7.93. The molecular weight excluding hydrogens is 282 g/mol. The van der Waals surface area contributed by atoms with Crippen molar-refractivity contribution in [3.63, 3.8) is 0 Å². The number of piperidine rings is 1. The van der Waals surface area contributed by atoms with E-state index in [9.17, 15) is 4.79 Å². The molecule has 22 heavy (non-hydrogen) atoms. The van der Waals surface area contributed by atoms with Gasteiger partial charge in [-0.3, -0.25) is 4.79 Å². The molecule has 1 aromatic heterocycles. The number of methoxy groups -OCH3 is 1. The monoisotopic (exact) mass is 307 g/mol. The van der Waals surface area contributed by atoms with Crippen molar-refractivity contribution in [2.45, 2.75) is 45.6 Å². The van der Waals surface area contributed by atoms with Crippen LogP contribution in [0, 0.1) is 5.92 Å². The summed E-state index contributed by atoms with van der Waals surface area (Å²) in [5, 5.41) is 0. The number of carbonyl (C=O) groups is 1. The molecule has 1 amide bonds. The average molecular weight is 307 g/mol. The summed E-state index contributed by atoms with van der Waals surface area (Å²) in [6.07, 6.45) is 5.12. The zero-order valence-electron chi connectivity index (χ0n) is 13.6. The molecule has 1 aliphatic heterocycles. The van der Waals surface area contributed by atoms with Crippen LogP contribution in [0.5, 0.6) is 11.9 Å². The van der Waals surface area contributed by atoms with Gasteiger partial charge in [0.25, 0.3) is 0 Å². The van der Waals surface area contributed by atoms with E-state index in [1.165, 1.54) is 7.11 Å². The maximum absolute atomic E-state index is 12.3. The fourth-order valence-corrected chi connectivity index (χ4v) is 2.49. The Kier molecular flexibility index (Phi) is 5.98. The second-order valence-corrected chi connectivity index (χ2v) is 5.82. The number of aromatic nitrogens is 2. The maximum atomic E-state index is 12.3. The quantitative estimate of drug-likeness (QED) is 0.807. The van der Waals surface area contributed by atoms with Crippen LogP contribution in [0.2, 0.25) is 0 Å². The minimum atomic E-state index is -0.0192. The second-order valence-electron chi connectivity index (χ2n) is 5.82. The highest BCUT2D eigenvalue weighted by atomic mass is 16.5. The number of amides is 1. The summed E-state index contributed by atoms with van der Waals surface area (Å²) in [5.74, 6) is 1.15. The van der Waals surface area contributed by atoms with Crippen LogP contribution in [-0.4, -0.2) is 47.1 Å². The molecule has 0 N–H and O–H groups in total. The fraction of sp³-hybridized carbons (Fsp3) is 0.688.